The van der Waals surface area contributed by atoms with Crippen LogP contribution in [-0.4, -0.2) is 38.4 Å². The molecule has 114 valence electrons. The minimum absolute atomic E-state index is 0.0730. The second-order valence-corrected chi connectivity index (χ2v) is 4.43. The molecular formula is C16H18N4O2. The topological polar surface area (TPSA) is 81.6 Å². The van der Waals surface area contributed by atoms with Gasteiger partial charge in [-0.3, -0.25) is 0 Å². The first-order valence-corrected chi connectivity index (χ1v) is 6.71. The highest BCUT2D eigenvalue weighted by Crippen LogP contribution is 2.09. The molecule has 0 saturated heterocycles. The van der Waals surface area contributed by atoms with E-state index in [-0.39, 0.29) is 5.57 Å². The van der Waals surface area contributed by atoms with Crippen molar-refractivity contribution in [1.82, 2.24) is 4.90 Å². The smallest absolute Gasteiger partial charge is 0.151 e. The van der Waals surface area contributed by atoms with Crippen molar-refractivity contribution in [2.24, 2.45) is 5.16 Å². The molecule has 0 bridgehead atoms. The van der Waals surface area contributed by atoms with E-state index in [9.17, 15) is 0 Å². The molecule has 22 heavy (non-hydrogen) atoms. The van der Waals surface area contributed by atoms with Gasteiger partial charge in [-0.25, -0.2) is 0 Å². The lowest BCUT2D eigenvalue weighted by Gasteiger charge is -2.14. The van der Waals surface area contributed by atoms with Crippen molar-refractivity contribution in [3.63, 3.8) is 0 Å². The number of hydrogen-bond acceptors (Lipinski definition) is 6. The van der Waals surface area contributed by atoms with Crippen LogP contribution in [0.3, 0.4) is 0 Å². The molecule has 0 atom stereocenters. The van der Waals surface area contributed by atoms with E-state index >= 15 is 0 Å². The maximum atomic E-state index is 8.88. The maximum absolute atomic E-state index is 8.88. The molecule has 6 nitrogen and oxygen atoms in total. The lowest BCUT2D eigenvalue weighted by Crippen LogP contribution is -2.13. The standard InChI is InChI=1S/C16H18N4O2/c1-20(2)16(14(12-17)13-18)8-9-19-22-11-10-21-15-6-4-3-5-7-15/h3-7,9H,8,10-11H2,1-2H3. The fourth-order valence-corrected chi connectivity index (χ4v) is 1.60. The second kappa shape index (κ2) is 9.84. The largest absolute Gasteiger partial charge is 0.490 e. The monoisotopic (exact) mass is 298 g/mol. The summed E-state index contributed by atoms with van der Waals surface area (Å²) in [6.45, 7) is 0.704. The van der Waals surface area contributed by atoms with Crippen molar-refractivity contribution >= 4 is 6.21 Å². The fourth-order valence-electron chi connectivity index (χ4n) is 1.60. The summed E-state index contributed by atoms with van der Waals surface area (Å²) >= 11 is 0. The van der Waals surface area contributed by atoms with E-state index in [1.807, 2.05) is 42.5 Å². The maximum Gasteiger partial charge on any atom is 0.151 e. The average Bonchev–Trinajstić information content (AvgIpc) is 2.53. The van der Waals surface area contributed by atoms with Gasteiger partial charge < -0.3 is 14.5 Å². The number of allylic oxidation sites excluding steroid dienone is 2. The Balaban J connectivity index is 2.33. The van der Waals surface area contributed by atoms with Crippen molar-refractivity contribution in [2.75, 3.05) is 27.3 Å². The highest BCUT2D eigenvalue weighted by atomic mass is 16.6. The van der Waals surface area contributed by atoms with Crippen LogP contribution in [0.4, 0.5) is 0 Å². The summed E-state index contributed by atoms with van der Waals surface area (Å²) < 4.78 is 5.44. The zero-order valence-corrected chi connectivity index (χ0v) is 12.7. The molecule has 6 heteroatoms. The van der Waals surface area contributed by atoms with E-state index in [4.69, 9.17) is 20.1 Å². The molecule has 0 aromatic heterocycles. The molecule has 0 spiro atoms. The molecule has 0 heterocycles. The molecular weight excluding hydrogens is 280 g/mol. The third kappa shape index (κ3) is 5.98. The van der Waals surface area contributed by atoms with Gasteiger partial charge in [0.2, 0.25) is 0 Å². The summed E-state index contributed by atoms with van der Waals surface area (Å²) in [5, 5.41) is 21.5. The molecule has 0 aliphatic carbocycles. The molecule has 1 aromatic rings. The first-order valence-electron chi connectivity index (χ1n) is 6.71. The second-order valence-electron chi connectivity index (χ2n) is 4.43. The van der Waals surface area contributed by atoms with Crippen LogP contribution < -0.4 is 4.74 Å². The van der Waals surface area contributed by atoms with Crippen molar-refractivity contribution in [3.8, 4) is 17.9 Å². The number of nitrogens with zero attached hydrogens (tertiary/aromatic N) is 4. The molecule has 0 unspecified atom stereocenters. The minimum atomic E-state index is 0.0730. The lowest BCUT2D eigenvalue weighted by atomic mass is 10.2. The molecule has 0 saturated carbocycles. The minimum Gasteiger partial charge on any atom is -0.490 e. The molecule has 0 radical (unpaired) electrons. The van der Waals surface area contributed by atoms with E-state index in [2.05, 4.69) is 5.16 Å². The van der Waals surface area contributed by atoms with Gasteiger partial charge in [0.25, 0.3) is 0 Å². The summed E-state index contributed by atoms with van der Waals surface area (Å²) in [6, 6.07) is 13.2. The Bertz CT molecular complexity index is 579. The first-order chi connectivity index (χ1) is 10.7. The lowest BCUT2D eigenvalue weighted by molar-refractivity contribution is 0.108. The van der Waals surface area contributed by atoms with Crippen molar-refractivity contribution in [1.29, 1.82) is 10.5 Å². The Kier molecular flexibility index (Phi) is 7.63. The normalized spacial score (nSPS) is 9.64. The summed E-state index contributed by atoms with van der Waals surface area (Å²) in [5.41, 5.74) is 0.668. The van der Waals surface area contributed by atoms with Gasteiger partial charge in [0.05, 0.1) is 0 Å². The molecule has 0 aliphatic heterocycles. The quantitative estimate of drug-likeness (QED) is 0.318. The fraction of sp³-hybridized carbons (Fsp3) is 0.312. The Morgan fingerprint density at radius 1 is 1.18 bits per heavy atom. The van der Waals surface area contributed by atoms with Crippen LogP contribution in [0, 0.1) is 22.7 Å². The first kappa shape index (κ1) is 17.1. The van der Waals surface area contributed by atoms with Gasteiger partial charge in [-0.1, -0.05) is 23.4 Å². The number of hydrogen-bond donors (Lipinski definition) is 0. The van der Waals surface area contributed by atoms with Crippen LogP contribution >= 0.6 is 0 Å². The van der Waals surface area contributed by atoms with Crippen LogP contribution in [0.25, 0.3) is 0 Å². The highest BCUT2D eigenvalue weighted by molar-refractivity contribution is 5.62. The SMILES string of the molecule is CN(C)C(CC=NOCCOc1ccccc1)=C(C#N)C#N. The van der Waals surface area contributed by atoms with E-state index in [0.29, 0.717) is 25.3 Å². The summed E-state index contributed by atoms with van der Waals surface area (Å²) in [7, 11) is 3.54. The molecule has 1 aromatic carbocycles. The zero-order valence-electron chi connectivity index (χ0n) is 12.7. The van der Waals surface area contributed by atoms with Crippen molar-refractivity contribution < 1.29 is 9.57 Å². The van der Waals surface area contributed by atoms with E-state index in [0.717, 1.165) is 5.75 Å². The Morgan fingerprint density at radius 2 is 1.86 bits per heavy atom. The van der Waals surface area contributed by atoms with Crippen LogP contribution in [-0.2, 0) is 4.84 Å². The number of ether oxygens (including phenoxy) is 1. The van der Waals surface area contributed by atoms with Gasteiger partial charge >= 0.3 is 0 Å². The molecule has 0 fully saturated rings. The van der Waals surface area contributed by atoms with Gasteiger partial charge in [-0.15, -0.1) is 0 Å². The number of nitriles is 2. The van der Waals surface area contributed by atoms with Gasteiger partial charge in [0.15, 0.2) is 6.61 Å². The zero-order chi connectivity index (χ0) is 16.2. The van der Waals surface area contributed by atoms with Crippen LogP contribution in [0.1, 0.15) is 6.42 Å². The predicted octanol–water partition coefficient (Wildman–Crippen LogP) is 2.32. The Morgan fingerprint density at radius 3 is 2.45 bits per heavy atom. The number of rotatable bonds is 8. The number of benzene rings is 1. The molecule has 0 amide bonds. The van der Waals surface area contributed by atoms with Gasteiger partial charge in [-0.05, 0) is 12.1 Å². The van der Waals surface area contributed by atoms with E-state index < -0.39 is 0 Å². The Labute approximate surface area is 130 Å². The van der Waals surface area contributed by atoms with Crippen LogP contribution in [0.5, 0.6) is 5.75 Å². The van der Waals surface area contributed by atoms with Crippen LogP contribution in [0.2, 0.25) is 0 Å². The third-order valence-corrected chi connectivity index (χ3v) is 2.67. The molecule has 1 rings (SSSR count). The van der Waals surface area contributed by atoms with Crippen LogP contribution in [0.15, 0.2) is 46.8 Å². The van der Waals surface area contributed by atoms with E-state index in [1.165, 1.54) is 6.21 Å². The van der Waals surface area contributed by atoms with Gasteiger partial charge in [-0.2, -0.15) is 10.5 Å². The van der Waals surface area contributed by atoms with E-state index in [1.54, 1.807) is 19.0 Å². The third-order valence-electron chi connectivity index (χ3n) is 2.67. The molecule has 0 N–H and O–H groups in total. The average molecular weight is 298 g/mol. The summed E-state index contributed by atoms with van der Waals surface area (Å²) in [4.78, 5) is 6.78. The van der Waals surface area contributed by atoms with Gasteiger partial charge in [0.1, 0.15) is 30.1 Å². The van der Waals surface area contributed by atoms with Crippen molar-refractivity contribution in [2.45, 2.75) is 6.42 Å². The summed E-state index contributed by atoms with van der Waals surface area (Å²) in [5.74, 6) is 0.778. The number of oxime groups is 1. The summed E-state index contributed by atoms with van der Waals surface area (Å²) in [6.07, 6.45) is 1.87. The van der Waals surface area contributed by atoms with Crippen molar-refractivity contribution in [3.05, 3.63) is 41.6 Å². The number of para-hydroxylation sites is 1. The van der Waals surface area contributed by atoms with Gasteiger partial charge in [0, 0.05) is 32.4 Å². The Hall–Kier alpha value is -2.99. The highest BCUT2D eigenvalue weighted by Gasteiger charge is 2.07. The molecule has 0 aliphatic rings. The predicted molar refractivity (Wildman–Crippen MR) is 82.9 cm³/mol.